The highest BCUT2D eigenvalue weighted by atomic mass is 16.5. The van der Waals surface area contributed by atoms with E-state index in [4.69, 9.17) is 14.2 Å². The van der Waals surface area contributed by atoms with Crippen molar-refractivity contribution in [3.8, 4) is 11.5 Å². The predicted octanol–water partition coefficient (Wildman–Crippen LogP) is 0.832. The summed E-state index contributed by atoms with van der Waals surface area (Å²) in [6.07, 6.45) is 0. The van der Waals surface area contributed by atoms with Gasteiger partial charge in [0.1, 0.15) is 0 Å². The topological polar surface area (TPSA) is 56.8 Å². The molecule has 0 aliphatic carbocycles. The second-order valence-electron chi connectivity index (χ2n) is 3.78. The molecule has 1 N–H and O–H groups in total. The Balaban J connectivity index is 2.11. The number of carbonyl (C=O) groups excluding carboxylic acids is 1. The van der Waals surface area contributed by atoms with Crippen LogP contribution in [-0.4, -0.2) is 39.4 Å². The van der Waals surface area contributed by atoms with E-state index in [0.29, 0.717) is 30.3 Å². The Morgan fingerprint density at radius 1 is 1.29 bits per heavy atom. The fraction of sp³-hybridized carbons (Fsp3) is 0.417. The lowest BCUT2D eigenvalue weighted by molar-refractivity contribution is -0.00346. The number of ether oxygens (including phenoxy) is 3. The van der Waals surface area contributed by atoms with E-state index in [0.717, 1.165) is 0 Å². The summed E-state index contributed by atoms with van der Waals surface area (Å²) < 4.78 is 15.2. The van der Waals surface area contributed by atoms with Crippen LogP contribution in [0.25, 0.3) is 0 Å². The first kappa shape index (κ1) is 11.7. The number of hydrogen-bond acceptors (Lipinski definition) is 4. The molecule has 1 amide bonds. The summed E-state index contributed by atoms with van der Waals surface area (Å²) >= 11 is 0. The van der Waals surface area contributed by atoms with E-state index in [1.807, 2.05) is 0 Å². The number of rotatable bonds is 4. The molecule has 1 aromatic carbocycles. The molecule has 0 atom stereocenters. The van der Waals surface area contributed by atoms with Crippen molar-refractivity contribution in [3.63, 3.8) is 0 Å². The van der Waals surface area contributed by atoms with Crippen LogP contribution >= 0.6 is 0 Å². The molecule has 1 saturated heterocycles. The number of nitrogens with one attached hydrogen (secondary N) is 1. The Hall–Kier alpha value is -1.75. The summed E-state index contributed by atoms with van der Waals surface area (Å²) in [4.78, 5) is 11.9. The first-order valence-electron chi connectivity index (χ1n) is 5.35. The van der Waals surface area contributed by atoms with E-state index in [-0.39, 0.29) is 11.9 Å². The zero-order valence-electron chi connectivity index (χ0n) is 9.86. The molecule has 1 aliphatic heterocycles. The van der Waals surface area contributed by atoms with E-state index in [9.17, 15) is 4.79 Å². The maximum absolute atomic E-state index is 11.9. The van der Waals surface area contributed by atoms with Crippen LogP contribution < -0.4 is 14.8 Å². The van der Waals surface area contributed by atoms with Crippen LogP contribution in [0.4, 0.5) is 0 Å². The van der Waals surface area contributed by atoms with Gasteiger partial charge < -0.3 is 19.5 Å². The summed E-state index contributed by atoms with van der Waals surface area (Å²) in [5.74, 6) is 1.03. The molecule has 1 heterocycles. The van der Waals surface area contributed by atoms with Crippen molar-refractivity contribution < 1.29 is 19.0 Å². The second kappa shape index (κ2) is 5.05. The van der Waals surface area contributed by atoms with Crippen molar-refractivity contribution in [2.24, 2.45) is 0 Å². The van der Waals surface area contributed by atoms with Gasteiger partial charge in [-0.15, -0.1) is 0 Å². The largest absolute Gasteiger partial charge is 0.493 e. The smallest absolute Gasteiger partial charge is 0.251 e. The van der Waals surface area contributed by atoms with Crippen LogP contribution in [0, 0.1) is 0 Å². The van der Waals surface area contributed by atoms with Crippen LogP contribution in [0.15, 0.2) is 18.2 Å². The Morgan fingerprint density at radius 3 is 2.53 bits per heavy atom. The highest BCUT2D eigenvalue weighted by Crippen LogP contribution is 2.27. The Kier molecular flexibility index (Phi) is 3.49. The highest BCUT2D eigenvalue weighted by Gasteiger charge is 2.21. The number of hydrogen-bond donors (Lipinski definition) is 1. The third-order valence-corrected chi connectivity index (χ3v) is 2.62. The summed E-state index contributed by atoms with van der Waals surface area (Å²) in [7, 11) is 3.10. The standard InChI is InChI=1S/C12H15NO4/c1-15-10-4-3-8(5-11(10)16-2)12(14)13-9-6-17-7-9/h3-5,9H,6-7H2,1-2H3,(H,13,14). The van der Waals surface area contributed by atoms with Gasteiger partial charge in [0.2, 0.25) is 0 Å². The van der Waals surface area contributed by atoms with Crippen molar-refractivity contribution >= 4 is 5.91 Å². The molecular weight excluding hydrogens is 222 g/mol. The molecule has 92 valence electrons. The normalized spacial score (nSPS) is 14.9. The fourth-order valence-corrected chi connectivity index (χ4v) is 1.57. The first-order chi connectivity index (χ1) is 8.24. The average molecular weight is 237 g/mol. The molecule has 5 nitrogen and oxygen atoms in total. The lowest BCUT2D eigenvalue weighted by Gasteiger charge is -2.26. The SMILES string of the molecule is COc1ccc(C(=O)NC2COC2)cc1OC. The van der Waals surface area contributed by atoms with Gasteiger partial charge in [-0.3, -0.25) is 4.79 Å². The summed E-state index contributed by atoms with van der Waals surface area (Å²) in [5, 5.41) is 2.86. The molecule has 17 heavy (non-hydrogen) atoms. The monoisotopic (exact) mass is 237 g/mol. The van der Waals surface area contributed by atoms with Crippen LogP contribution in [0.1, 0.15) is 10.4 Å². The Labute approximate surface area is 99.7 Å². The maximum atomic E-state index is 11.9. The zero-order chi connectivity index (χ0) is 12.3. The van der Waals surface area contributed by atoms with Crippen LogP contribution in [0.5, 0.6) is 11.5 Å². The molecule has 0 aromatic heterocycles. The molecule has 0 bridgehead atoms. The molecule has 0 radical (unpaired) electrons. The molecule has 1 aromatic rings. The summed E-state index contributed by atoms with van der Waals surface area (Å²) in [5.41, 5.74) is 0.551. The molecule has 5 heteroatoms. The van der Waals surface area contributed by atoms with Crippen molar-refractivity contribution in [2.45, 2.75) is 6.04 Å². The van der Waals surface area contributed by atoms with Gasteiger partial charge in [0, 0.05) is 5.56 Å². The van der Waals surface area contributed by atoms with Gasteiger partial charge in [0.05, 0.1) is 33.5 Å². The molecule has 0 saturated carbocycles. The van der Waals surface area contributed by atoms with Crippen molar-refractivity contribution in [1.82, 2.24) is 5.32 Å². The number of benzene rings is 1. The van der Waals surface area contributed by atoms with E-state index < -0.39 is 0 Å². The molecule has 0 unspecified atom stereocenters. The minimum atomic E-state index is -0.126. The number of amides is 1. The van der Waals surface area contributed by atoms with Crippen molar-refractivity contribution in [2.75, 3.05) is 27.4 Å². The second-order valence-corrected chi connectivity index (χ2v) is 3.78. The van der Waals surface area contributed by atoms with Gasteiger partial charge in [0.25, 0.3) is 5.91 Å². The highest BCUT2D eigenvalue weighted by molar-refractivity contribution is 5.95. The maximum Gasteiger partial charge on any atom is 0.251 e. The third kappa shape index (κ3) is 2.50. The summed E-state index contributed by atoms with van der Waals surface area (Å²) in [6.45, 7) is 1.16. The molecule has 1 aliphatic rings. The summed E-state index contributed by atoms with van der Waals surface area (Å²) in [6, 6.07) is 5.20. The van der Waals surface area contributed by atoms with E-state index in [2.05, 4.69) is 5.32 Å². The van der Waals surface area contributed by atoms with E-state index >= 15 is 0 Å². The Bertz CT molecular complexity index is 415. The quantitative estimate of drug-likeness (QED) is 0.842. The lowest BCUT2D eigenvalue weighted by atomic mass is 10.1. The zero-order valence-corrected chi connectivity index (χ0v) is 9.86. The van der Waals surface area contributed by atoms with Crippen LogP contribution in [0.2, 0.25) is 0 Å². The molecule has 1 fully saturated rings. The van der Waals surface area contributed by atoms with Gasteiger partial charge in [-0.1, -0.05) is 0 Å². The van der Waals surface area contributed by atoms with Gasteiger partial charge in [0.15, 0.2) is 11.5 Å². The van der Waals surface area contributed by atoms with Crippen LogP contribution in [0.3, 0.4) is 0 Å². The average Bonchev–Trinajstić information content (AvgIpc) is 2.32. The van der Waals surface area contributed by atoms with Crippen molar-refractivity contribution in [3.05, 3.63) is 23.8 Å². The van der Waals surface area contributed by atoms with Crippen LogP contribution in [-0.2, 0) is 4.74 Å². The van der Waals surface area contributed by atoms with Gasteiger partial charge >= 0.3 is 0 Å². The van der Waals surface area contributed by atoms with Gasteiger partial charge in [-0.2, -0.15) is 0 Å². The predicted molar refractivity (Wildman–Crippen MR) is 61.6 cm³/mol. The molecule has 0 spiro atoms. The number of methoxy groups -OCH3 is 2. The third-order valence-electron chi connectivity index (χ3n) is 2.62. The van der Waals surface area contributed by atoms with Gasteiger partial charge in [-0.05, 0) is 18.2 Å². The molecular formula is C12H15NO4. The lowest BCUT2D eigenvalue weighted by Crippen LogP contribution is -2.48. The first-order valence-corrected chi connectivity index (χ1v) is 5.35. The Morgan fingerprint density at radius 2 is 2.00 bits per heavy atom. The van der Waals surface area contributed by atoms with E-state index in [1.54, 1.807) is 32.4 Å². The van der Waals surface area contributed by atoms with E-state index in [1.165, 1.54) is 0 Å². The number of carbonyl (C=O) groups is 1. The minimum absolute atomic E-state index is 0.121. The minimum Gasteiger partial charge on any atom is -0.493 e. The van der Waals surface area contributed by atoms with Crippen molar-refractivity contribution in [1.29, 1.82) is 0 Å². The fourth-order valence-electron chi connectivity index (χ4n) is 1.57. The van der Waals surface area contributed by atoms with Gasteiger partial charge in [-0.25, -0.2) is 0 Å². The molecule has 2 rings (SSSR count).